The first kappa shape index (κ1) is 19.2. The Bertz CT molecular complexity index is 392. The number of amides is 1. The highest BCUT2D eigenvalue weighted by Gasteiger charge is 2.13. The van der Waals surface area contributed by atoms with Crippen molar-refractivity contribution in [1.82, 2.24) is 15.6 Å². The summed E-state index contributed by atoms with van der Waals surface area (Å²) in [5, 5.41) is 6.36. The summed E-state index contributed by atoms with van der Waals surface area (Å²) in [6.45, 7) is 4.86. The lowest BCUT2D eigenvalue weighted by atomic mass is 10.00. The second-order valence-corrected chi connectivity index (χ2v) is 5.00. The van der Waals surface area contributed by atoms with Crippen LogP contribution >= 0.6 is 24.8 Å². The molecule has 0 aliphatic carbocycles. The van der Waals surface area contributed by atoms with E-state index in [1.165, 1.54) is 12.8 Å². The second-order valence-electron chi connectivity index (χ2n) is 5.00. The number of piperidine rings is 1. The fraction of sp³-hybridized carbons (Fsp3) is 0.571. The van der Waals surface area contributed by atoms with Crippen LogP contribution in [0.5, 0.6) is 0 Å². The smallest absolute Gasteiger partial charge is 0.224 e. The fourth-order valence-corrected chi connectivity index (χ4v) is 2.21. The van der Waals surface area contributed by atoms with Crippen molar-refractivity contribution in [2.75, 3.05) is 19.6 Å². The molecule has 0 spiro atoms. The van der Waals surface area contributed by atoms with Gasteiger partial charge in [-0.3, -0.25) is 9.78 Å². The Kier molecular flexibility index (Phi) is 9.55. The number of halogens is 2. The van der Waals surface area contributed by atoms with E-state index in [0.717, 1.165) is 30.9 Å². The van der Waals surface area contributed by atoms with Crippen LogP contribution in [-0.4, -0.2) is 30.5 Å². The maximum atomic E-state index is 11.8. The summed E-state index contributed by atoms with van der Waals surface area (Å²) in [5.74, 6) is 0.671. The van der Waals surface area contributed by atoms with E-state index in [1.807, 2.05) is 19.1 Å². The van der Waals surface area contributed by atoms with Gasteiger partial charge in [0.2, 0.25) is 5.91 Å². The summed E-state index contributed by atoms with van der Waals surface area (Å²) >= 11 is 0. The number of carbonyl (C=O) groups excluding carboxylic acids is 1. The molecule has 0 aromatic carbocycles. The van der Waals surface area contributed by atoms with Crippen LogP contribution < -0.4 is 10.6 Å². The van der Waals surface area contributed by atoms with Gasteiger partial charge in [-0.05, 0) is 50.4 Å². The van der Waals surface area contributed by atoms with Crippen molar-refractivity contribution < 1.29 is 4.79 Å². The standard InChI is InChI=1S/C14H21N3O.2ClH/c1-11-4-5-12(9-16-11)7-14(18)17-10-13-3-2-6-15-8-13;;/h4-5,9,13,15H,2-3,6-8,10H2,1H3,(H,17,18);2*1H. The van der Waals surface area contributed by atoms with E-state index in [1.54, 1.807) is 6.20 Å². The normalized spacial score (nSPS) is 17.6. The highest BCUT2D eigenvalue weighted by molar-refractivity contribution is 5.85. The first-order chi connectivity index (χ1) is 8.74. The number of nitrogens with zero attached hydrogens (tertiary/aromatic N) is 1. The molecule has 0 saturated carbocycles. The number of nitrogens with one attached hydrogen (secondary N) is 2. The first-order valence-electron chi connectivity index (χ1n) is 6.63. The van der Waals surface area contributed by atoms with Crippen LogP contribution in [0.15, 0.2) is 18.3 Å². The van der Waals surface area contributed by atoms with Crippen LogP contribution in [0.2, 0.25) is 0 Å². The lowest BCUT2D eigenvalue weighted by molar-refractivity contribution is -0.120. The van der Waals surface area contributed by atoms with Gasteiger partial charge in [-0.1, -0.05) is 6.07 Å². The van der Waals surface area contributed by atoms with Crippen LogP contribution in [0, 0.1) is 12.8 Å². The molecule has 6 heteroatoms. The Hall–Kier alpha value is -0.840. The summed E-state index contributed by atoms with van der Waals surface area (Å²) in [6.07, 6.45) is 4.62. The Labute approximate surface area is 132 Å². The molecule has 20 heavy (non-hydrogen) atoms. The molecule has 1 fully saturated rings. The van der Waals surface area contributed by atoms with Crippen molar-refractivity contribution in [1.29, 1.82) is 0 Å². The molecule has 1 saturated heterocycles. The molecule has 0 bridgehead atoms. The molecule has 1 aliphatic rings. The Morgan fingerprint density at radius 2 is 2.25 bits per heavy atom. The average Bonchev–Trinajstić information content (AvgIpc) is 2.40. The van der Waals surface area contributed by atoms with Gasteiger partial charge in [0.15, 0.2) is 0 Å². The van der Waals surface area contributed by atoms with Crippen LogP contribution in [0.25, 0.3) is 0 Å². The maximum absolute atomic E-state index is 11.8. The summed E-state index contributed by atoms with van der Waals surface area (Å²) in [4.78, 5) is 16.0. The SMILES string of the molecule is Cc1ccc(CC(=O)NCC2CCCNC2)cn1.Cl.Cl. The number of carbonyl (C=O) groups is 1. The van der Waals surface area contributed by atoms with Crippen molar-refractivity contribution in [3.05, 3.63) is 29.6 Å². The minimum atomic E-state index is 0. The second kappa shape index (κ2) is 9.97. The zero-order valence-corrected chi connectivity index (χ0v) is 13.4. The molecule has 2 heterocycles. The van der Waals surface area contributed by atoms with Crippen molar-refractivity contribution in [2.24, 2.45) is 5.92 Å². The minimum absolute atomic E-state index is 0. The van der Waals surface area contributed by atoms with E-state index >= 15 is 0 Å². The number of rotatable bonds is 4. The molecule has 1 aliphatic heterocycles. The summed E-state index contributed by atoms with van der Waals surface area (Å²) in [7, 11) is 0. The highest BCUT2D eigenvalue weighted by Crippen LogP contribution is 2.08. The summed E-state index contributed by atoms with van der Waals surface area (Å²) in [5.41, 5.74) is 1.95. The zero-order chi connectivity index (χ0) is 12.8. The predicted octanol–water partition coefficient (Wildman–Crippen LogP) is 1.89. The number of hydrogen-bond acceptors (Lipinski definition) is 3. The molecule has 0 radical (unpaired) electrons. The van der Waals surface area contributed by atoms with Gasteiger partial charge in [-0.25, -0.2) is 0 Å². The topological polar surface area (TPSA) is 54.0 Å². The molecule has 1 amide bonds. The van der Waals surface area contributed by atoms with Crippen molar-refractivity contribution in [3.63, 3.8) is 0 Å². The molecular weight excluding hydrogens is 297 g/mol. The third-order valence-corrected chi connectivity index (χ3v) is 3.32. The van der Waals surface area contributed by atoms with Gasteiger partial charge in [-0.2, -0.15) is 0 Å². The molecule has 2 N–H and O–H groups in total. The van der Waals surface area contributed by atoms with Gasteiger partial charge in [0.25, 0.3) is 0 Å². The summed E-state index contributed by atoms with van der Waals surface area (Å²) in [6, 6.07) is 3.90. The van der Waals surface area contributed by atoms with Gasteiger partial charge >= 0.3 is 0 Å². The van der Waals surface area contributed by atoms with Crippen LogP contribution in [0.3, 0.4) is 0 Å². The van der Waals surface area contributed by atoms with E-state index < -0.39 is 0 Å². The number of pyridine rings is 1. The fourth-order valence-electron chi connectivity index (χ4n) is 2.21. The van der Waals surface area contributed by atoms with Crippen molar-refractivity contribution >= 4 is 30.7 Å². The van der Waals surface area contributed by atoms with Crippen molar-refractivity contribution in [3.8, 4) is 0 Å². The van der Waals surface area contributed by atoms with Gasteiger partial charge in [0.05, 0.1) is 6.42 Å². The first-order valence-corrected chi connectivity index (χ1v) is 6.63. The minimum Gasteiger partial charge on any atom is -0.355 e. The third kappa shape index (κ3) is 6.55. The van der Waals surface area contributed by atoms with E-state index in [-0.39, 0.29) is 30.7 Å². The largest absolute Gasteiger partial charge is 0.355 e. The average molecular weight is 320 g/mol. The summed E-state index contributed by atoms with van der Waals surface area (Å²) < 4.78 is 0. The predicted molar refractivity (Wildman–Crippen MR) is 85.8 cm³/mol. The zero-order valence-electron chi connectivity index (χ0n) is 11.7. The number of hydrogen-bond donors (Lipinski definition) is 2. The van der Waals surface area contributed by atoms with Crippen molar-refractivity contribution in [2.45, 2.75) is 26.2 Å². The van der Waals surface area contributed by atoms with Gasteiger partial charge < -0.3 is 10.6 Å². The van der Waals surface area contributed by atoms with Crippen LogP contribution in [0.4, 0.5) is 0 Å². The molecule has 2 rings (SSSR count). The third-order valence-electron chi connectivity index (χ3n) is 3.32. The lowest BCUT2D eigenvalue weighted by Crippen LogP contribution is -2.38. The van der Waals surface area contributed by atoms with E-state index in [2.05, 4.69) is 15.6 Å². The van der Waals surface area contributed by atoms with Gasteiger partial charge in [0.1, 0.15) is 0 Å². The van der Waals surface area contributed by atoms with Crippen LogP contribution in [-0.2, 0) is 11.2 Å². The highest BCUT2D eigenvalue weighted by atomic mass is 35.5. The quantitative estimate of drug-likeness (QED) is 0.891. The molecule has 1 atom stereocenters. The van der Waals surface area contributed by atoms with E-state index in [9.17, 15) is 4.79 Å². The molecule has 1 unspecified atom stereocenters. The maximum Gasteiger partial charge on any atom is 0.224 e. The van der Waals surface area contributed by atoms with Gasteiger partial charge in [0, 0.05) is 18.4 Å². The monoisotopic (exact) mass is 319 g/mol. The lowest BCUT2D eigenvalue weighted by Gasteiger charge is -2.22. The molecule has 1 aromatic heterocycles. The number of aromatic nitrogens is 1. The molecule has 1 aromatic rings. The van der Waals surface area contributed by atoms with E-state index in [4.69, 9.17) is 0 Å². The Balaban J connectivity index is 0.00000180. The van der Waals surface area contributed by atoms with Gasteiger partial charge in [-0.15, -0.1) is 24.8 Å². The molecular formula is C14H23Cl2N3O. The Morgan fingerprint density at radius 3 is 2.85 bits per heavy atom. The molecule has 4 nitrogen and oxygen atoms in total. The molecule has 114 valence electrons. The Morgan fingerprint density at radius 1 is 1.45 bits per heavy atom. The van der Waals surface area contributed by atoms with E-state index in [0.29, 0.717) is 12.3 Å². The van der Waals surface area contributed by atoms with Crippen LogP contribution in [0.1, 0.15) is 24.1 Å². The number of aryl methyl sites for hydroxylation is 1.